The quantitative estimate of drug-likeness (QED) is 0.775. The van der Waals surface area contributed by atoms with Crippen LogP contribution in [0, 0.1) is 17.7 Å². The molecule has 1 saturated heterocycles. The summed E-state index contributed by atoms with van der Waals surface area (Å²) < 4.78 is 56.5. The van der Waals surface area contributed by atoms with Crippen LogP contribution in [0.4, 0.5) is 17.6 Å². The van der Waals surface area contributed by atoms with Gasteiger partial charge in [-0.2, -0.15) is 13.2 Å². The molecule has 24 heavy (non-hydrogen) atoms. The van der Waals surface area contributed by atoms with Crippen LogP contribution in [0.15, 0.2) is 18.2 Å². The van der Waals surface area contributed by atoms with Crippen molar-refractivity contribution in [1.82, 2.24) is 5.32 Å². The number of aliphatic carboxylic acids is 1. The third-order valence-electron chi connectivity index (χ3n) is 4.13. The number of benzene rings is 1. The van der Waals surface area contributed by atoms with Crippen molar-refractivity contribution in [3.05, 3.63) is 35.1 Å². The number of ether oxygens (including phenoxy) is 1. The van der Waals surface area contributed by atoms with Crippen molar-refractivity contribution in [2.24, 2.45) is 11.8 Å². The second-order valence-corrected chi connectivity index (χ2v) is 5.87. The first kappa shape index (κ1) is 18.7. The number of hydrogen-bond donors (Lipinski definition) is 2. The van der Waals surface area contributed by atoms with Gasteiger partial charge >= 0.3 is 12.1 Å². The molecule has 0 saturated carbocycles. The van der Waals surface area contributed by atoms with Crippen LogP contribution in [0.25, 0.3) is 0 Å². The molecular formula is C16H19F4NO3. The maximum Gasteiger partial charge on any atom is 0.416 e. The predicted octanol–water partition coefficient (Wildman–Crippen LogP) is 3.06. The molecule has 0 aromatic heterocycles. The molecule has 1 aromatic carbocycles. The third kappa shape index (κ3) is 5.17. The largest absolute Gasteiger partial charge is 0.481 e. The van der Waals surface area contributed by atoms with Gasteiger partial charge < -0.3 is 15.2 Å². The maximum absolute atomic E-state index is 13.3. The molecule has 2 N–H and O–H groups in total. The summed E-state index contributed by atoms with van der Waals surface area (Å²) in [5.41, 5.74) is -0.933. The van der Waals surface area contributed by atoms with Crippen molar-refractivity contribution in [2.75, 3.05) is 19.8 Å². The van der Waals surface area contributed by atoms with Crippen LogP contribution >= 0.6 is 0 Å². The van der Waals surface area contributed by atoms with Crippen molar-refractivity contribution >= 4 is 5.97 Å². The Labute approximate surface area is 136 Å². The number of hydrogen-bond acceptors (Lipinski definition) is 3. The number of rotatable bonds is 6. The summed E-state index contributed by atoms with van der Waals surface area (Å²) in [4.78, 5) is 11.4. The molecule has 1 heterocycles. The van der Waals surface area contributed by atoms with Crippen LogP contribution in [0.5, 0.6) is 0 Å². The van der Waals surface area contributed by atoms with E-state index in [1.165, 1.54) is 0 Å². The second kappa shape index (κ2) is 7.94. The fourth-order valence-electron chi connectivity index (χ4n) is 2.86. The molecule has 4 nitrogen and oxygen atoms in total. The molecular weight excluding hydrogens is 330 g/mol. The number of carbonyl (C=O) groups is 1. The van der Waals surface area contributed by atoms with E-state index in [1.54, 1.807) is 0 Å². The summed E-state index contributed by atoms with van der Waals surface area (Å²) in [6.45, 7) is 1.09. The number of halogens is 4. The second-order valence-electron chi connectivity index (χ2n) is 5.87. The van der Waals surface area contributed by atoms with Gasteiger partial charge in [-0.15, -0.1) is 0 Å². The van der Waals surface area contributed by atoms with E-state index >= 15 is 0 Å². The van der Waals surface area contributed by atoms with Crippen molar-refractivity contribution in [3.8, 4) is 0 Å². The molecule has 1 fully saturated rings. The summed E-state index contributed by atoms with van der Waals surface area (Å²) >= 11 is 0. The van der Waals surface area contributed by atoms with Crippen LogP contribution in [-0.4, -0.2) is 30.8 Å². The van der Waals surface area contributed by atoms with Gasteiger partial charge in [-0.3, -0.25) is 4.79 Å². The van der Waals surface area contributed by atoms with Gasteiger partial charge in [0.1, 0.15) is 5.82 Å². The number of carboxylic acids is 1. The van der Waals surface area contributed by atoms with E-state index < -0.39 is 29.4 Å². The van der Waals surface area contributed by atoms with Gasteiger partial charge in [0.25, 0.3) is 0 Å². The van der Waals surface area contributed by atoms with Crippen molar-refractivity contribution < 1.29 is 32.2 Å². The third-order valence-corrected chi connectivity index (χ3v) is 4.13. The monoisotopic (exact) mass is 349 g/mol. The van der Waals surface area contributed by atoms with Crippen LogP contribution in [0.3, 0.4) is 0 Å². The molecule has 1 aromatic rings. The molecule has 134 valence electrons. The summed E-state index contributed by atoms with van der Waals surface area (Å²) in [6.07, 6.45) is -3.35. The Morgan fingerprint density at radius 3 is 2.54 bits per heavy atom. The van der Waals surface area contributed by atoms with Crippen molar-refractivity contribution in [1.29, 1.82) is 0 Å². The molecule has 1 unspecified atom stereocenters. The summed E-state index contributed by atoms with van der Waals surface area (Å²) in [5, 5.41) is 12.2. The van der Waals surface area contributed by atoms with Crippen LogP contribution in [0.1, 0.15) is 24.0 Å². The Bertz CT molecular complexity index is 571. The molecule has 0 radical (unpaired) electrons. The minimum atomic E-state index is -4.62. The Morgan fingerprint density at radius 2 is 1.96 bits per heavy atom. The predicted molar refractivity (Wildman–Crippen MR) is 77.8 cm³/mol. The normalized spacial score (nSPS) is 17.7. The van der Waals surface area contributed by atoms with Gasteiger partial charge in [0.15, 0.2) is 0 Å². The minimum absolute atomic E-state index is 0.0339. The number of carboxylic acid groups (broad SMARTS) is 1. The van der Waals surface area contributed by atoms with Gasteiger partial charge in [-0.1, -0.05) is 0 Å². The van der Waals surface area contributed by atoms with E-state index in [-0.39, 0.29) is 24.6 Å². The van der Waals surface area contributed by atoms with E-state index in [4.69, 9.17) is 4.74 Å². The van der Waals surface area contributed by atoms with Crippen molar-refractivity contribution in [2.45, 2.75) is 25.6 Å². The van der Waals surface area contributed by atoms with Crippen LogP contribution in [-0.2, 0) is 22.3 Å². The van der Waals surface area contributed by atoms with Gasteiger partial charge in [0, 0.05) is 26.3 Å². The maximum atomic E-state index is 13.3. The topological polar surface area (TPSA) is 58.6 Å². The Hall–Kier alpha value is -1.67. The Kier molecular flexibility index (Phi) is 6.17. The van der Waals surface area contributed by atoms with Crippen molar-refractivity contribution in [3.63, 3.8) is 0 Å². The van der Waals surface area contributed by atoms with Crippen LogP contribution in [0.2, 0.25) is 0 Å². The summed E-state index contributed by atoms with van der Waals surface area (Å²) in [5.74, 6) is -2.61. The molecule has 2 rings (SSSR count). The first-order chi connectivity index (χ1) is 11.3. The fourth-order valence-corrected chi connectivity index (χ4v) is 2.86. The lowest BCUT2D eigenvalue weighted by molar-refractivity contribution is -0.144. The molecule has 0 spiro atoms. The fraction of sp³-hybridized carbons (Fsp3) is 0.562. The van der Waals surface area contributed by atoms with Crippen LogP contribution < -0.4 is 5.32 Å². The zero-order valence-corrected chi connectivity index (χ0v) is 12.9. The average Bonchev–Trinajstić information content (AvgIpc) is 2.50. The molecule has 0 bridgehead atoms. The SMILES string of the molecule is O=C(O)C(CNCc1cc(F)cc(C(F)(F)F)c1)C1CCOCC1. The highest BCUT2D eigenvalue weighted by atomic mass is 19.4. The molecule has 0 amide bonds. The van der Waals surface area contributed by atoms with E-state index in [0.717, 1.165) is 12.1 Å². The number of alkyl halides is 3. The zero-order chi connectivity index (χ0) is 17.7. The Balaban J connectivity index is 1.97. The van der Waals surface area contributed by atoms with Gasteiger partial charge in [-0.05, 0) is 42.5 Å². The Morgan fingerprint density at radius 1 is 1.29 bits per heavy atom. The first-order valence-electron chi connectivity index (χ1n) is 7.65. The van der Waals surface area contributed by atoms with E-state index in [9.17, 15) is 27.5 Å². The molecule has 8 heteroatoms. The van der Waals surface area contributed by atoms with Gasteiger partial charge in [0.05, 0.1) is 11.5 Å². The highest BCUT2D eigenvalue weighted by Crippen LogP contribution is 2.30. The van der Waals surface area contributed by atoms with E-state index in [1.807, 2.05) is 0 Å². The summed E-state index contributed by atoms with van der Waals surface area (Å²) in [7, 11) is 0. The van der Waals surface area contributed by atoms with Gasteiger partial charge in [0.2, 0.25) is 0 Å². The highest BCUT2D eigenvalue weighted by Gasteiger charge is 2.32. The molecule has 0 aliphatic carbocycles. The summed E-state index contributed by atoms with van der Waals surface area (Å²) in [6, 6.07) is 2.30. The minimum Gasteiger partial charge on any atom is -0.481 e. The molecule has 1 aliphatic rings. The van der Waals surface area contributed by atoms with E-state index in [2.05, 4.69) is 5.32 Å². The highest BCUT2D eigenvalue weighted by molar-refractivity contribution is 5.70. The zero-order valence-electron chi connectivity index (χ0n) is 12.9. The average molecular weight is 349 g/mol. The number of nitrogens with one attached hydrogen (secondary N) is 1. The molecule has 1 aliphatic heterocycles. The van der Waals surface area contributed by atoms with E-state index in [0.29, 0.717) is 32.1 Å². The smallest absolute Gasteiger partial charge is 0.416 e. The van der Waals surface area contributed by atoms with Gasteiger partial charge in [-0.25, -0.2) is 4.39 Å². The molecule has 1 atom stereocenters. The lowest BCUT2D eigenvalue weighted by Gasteiger charge is -2.27. The lowest BCUT2D eigenvalue weighted by Crippen LogP contribution is -2.36. The standard InChI is InChI=1S/C16H19F4NO3/c17-13-6-10(5-12(7-13)16(18,19)20)8-21-9-14(15(22)23)11-1-3-24-4-2-11/h5-7,11,14,21H,1-4,8-9H2,(H,22,23). The lowest BCUT2D eigenvalue weighted by atomic mass is 9.86. The first-order valence-corrected chi connectivity index (χ1v) is 7.65.